The Kier molecular flexibility index (Phi) is 1.67. The van der Waals surface area contributed by atoms with E-state index in [0.29, 0.717) is 6.54 Å². The first-order valence-electron chi connectivity index (χ1n) is 4.59. The number of hydrogen-bond acceptors (Lipinski definition) is 2. The van der Waals surface area contributed by atoms with Gasteiger partial charge in [-0.2, -0.15) is 0 Å². The molecule has 2 heterocycles. The lowest BCUT2D eigenvalue weighted by Crippen LogP contribution is -2.56. The van der Waals surface area contributed by atoms with E-state index < -0.39 is 0 Å². The van der Waals surface area contributed by atoms with Crippen molar-refractivity contribution in [2.24, 2.45) is 11.8 Å². The Bertz CT molecular complexity index is 211. The number of carbonyl (C=O) groups excluding carboxylic acids is 2. The van der Waals surface area contributed by atoms with Gasteiger partial charge in [-0.15, -0.1) is 0 Å². The van der Waals surface area contributed by atoms with E-state index in [4.69, 9.17) is 0 Å². The van der Waals surface area contributed by atoms with Gasteiger partial charge in [0.1, 0.15) is 0 Å². The molecule has 2 bridgehead atoms. The van der Waals surface area contributed by atoms with Crippen molar-refractivity contribution >= 4 is 11.8 Å². The molecule has 3 nitrogen and oxygen atoms in total. The lowest BCUT2D eigenvalue weighted by Gasteiger charge is -2.44. The Labute approximate surface area is 71.7 Å². The smallest absolute Gasteiger partial charge is 0.232 e. The van der Waals surface area contributed by atoms with Gasteiger partial charge in [-0.1, -0.05) is 6.92 Å². The zero-order chi connectivity index (χ0) is 8.72. The minimum Gasteiger partial charge on any atom is -0.282 e. The van der Waals surface area contributed by atoms with E-state index in [2.05, 4.69) is 0 Å². The number of fused-ring (bicyclic) bond motifs is 2. The number of imide groups is 1. The Hall–Kier alpha value is -0.860. The topological polar surface area (TPSA) is 37.4 Å². The average Bonchev–Trinajstić information content (AvgIpc) is 1.93. The van der Waals surface area contributed by atoms with Crippen molar-refractivity contribution < 1.29 is 9.59 Å². The zero-order valence-electron chi connectivity index (χ0n) is 7.25. The van der Waals surface area contributed by atoms with Gasteiger partial charge in [-0.05, 0) is 19.3 Å². The monoisotopic (exact) mass is 167 g/mol. The molecule has 0 atom stereocenters. The highest BCUT2D eigenvalue weighted by molar-refractivity contribution is 6.02. The van der Waals surface area contributed by atoms with Gasteiger partial charge in [-0.3, -0.25) is 14.5 Å². The molecule has 0 aromatic heterocycles. The van der Waals surface area contributed by atoms with E-state index in [9.17, 15) is 9.59 Å². The Balaban J connectivity index is 2.11. The summed E-state index contributed by atoms with van der Waals surface area (Å²) in [7, 11) is 0. The van der Waals surface area contributed by atoms with Crippen LogP contribution >= 0.6 is 0 Å². The number of amides is 2. The molecule has 12 heavy (non-hydrogen) atoms. The van der Waals surface area contributed by atoms with Gasteiger partial charge in [0, 0.05) is 18.4 Å². The first kappa shape index (κ1) is 7.77. The first-order valence-corrected chi connectivity index (χ1v) is 4.59. The van der Waals surface area contributed by atoms with Crippen molar-refractivity contribution in [2.45, 2.75) is 26.2 Å². The quantitative estimate of drug-likeness (QED) is 0.570. The standard InChI is InChI=1S/C9H13NO2/c1-2-3-10-8(11)6-4-7(5-6)9(10)12/h6-7H,2-5H2,1H3. The van der Waals surface area contributed by atoms with Crippen LogP contribution in [0, 0.1) is 11.8 Å². The number of nitrogens with zero attached hydrogens (tertiary/aromatic N) is 1. The molecule has 1 saturated carbocycles. The SMILES string of the molecule is CCCN1C(=O)C2CC(C2)C1=O. The van der Waals surface area contributed by atoms with Crippen LogP contribution in [-0.4, -0.2) is 23.3 Å². The summed E-state index contributed by atoms with van der Waals surface area (Å²) in [5.74, 6) is 0.507. The van der Waals surface area contributed by atoms with E-state index in [0.717, 1.165) is 19.3 Å². The van der Waals surface area contributed by atoms with E-state index in [1.165, 1.54) is 4.90 Å². The van der Waals surface area contributed by atoms with E-state index >= 15 is 0 Å². The van der Waals surface area contributed by atoms with Crippen LogP contribution in [0.4, 0.5) is 0 Å². The predicted molar refractivity (Wildman–Crippen MR) is 43.2 cm³/mol. The van der Waals surface area contributed by atoms with Crippen molar-refractivity contribution in [3.05, 3.63) is 0 Å². The number of hydrogen-bond donors (Lipinski definition) is 0. The molecule has 0 spiro atoms. The summed E-state index contributed by atoms with van der Waals surface area (Å²) in [6.07, 6.45) is 2.51. The molecule has 2 aliphatic heterocycles. The van der Waals surface area contributed by atoms with Crippen LogP contribution in [0.25, 0.3) is 0 Å². The van der Waals surface area contributed by atoms with Gasteiger partial charge in [0.05, 0.1) is 0 Å². The summed E-state index contributed by atoms with van der Waals surface area (Å²) >= 11 is 0. The zero-order valence-corrected chi connectivity index (χ0v) is 7.25. The maximum absolute atomic E-state index is 11.5. The largest absolute Gasteiger partial charge is 0.282 e. The summed E-state index contributed by atoms with van der Waals surface area (Å²) in [5, 5.41) is 0. The Morgan fingerprint density at radius 2 is 1.75 bits per heavy atom. The highest BCUT2D eigenvalue weighted by atomic mass is 16.2. The fourth-order valence-electron chi connectivity index (χ4n) is 2.01. The van der Waals surface area contributed by atoms with Gasteiger partial charge >= 0.3 is 0 Å². The van der Waals surface area contributed by atoms with E-state index in [-0.39, 0.29) is 23.7 Å². The molecule has 3 fully saturated rings. The van der Waals surface area contributed by atoms with Crippen LogP contribution in [0.5, 0.6) is 0 Å². The van der Waals surface area contributed by atoms with Crippen molar-refractivity contribution in [1.82, 2.24) is 4.90 Å². The fourth-order valence-corrected chi connectivity index (χ4v) is 2.01. The molecule has 0 aromatic carbocycles. The second-order valence-corrected chi connectivity index (χ2v) is 3.69. The van der Waals surface area contributed by atoms with Crippen LogP contribution in [0.2, 0.25) is 0 Å². The molecule has 3 rings (SSSR count). The van der Waals surface area contributed by atoms with Crippen molar-refractivity contribution in [1.29, 1.82) is 0 Å². The summed E-state index contributed by atoms with van der Waals surface area (Å²) in [6.45, 7) is 2.60. The number of piperidine rings is 2. The molecule has 2 amide bonds. The molecule has 3 heteroatoms. The normalized spacial score (nSPS) is 33.6. The van der Waals surface area contributed by atoms with Crippen LogP contribution in [0.15, 0.2) is 0 Å². The van der Waals surface area contributed by atoms with Gasteiger partial charge < -0.3 is 0 Å². The first-order chi connectivity index (χ1) is 5.74. The summed E-state index contributed by atoms with van der Waals surface area (Å²) in [4.78, 5) is 24.4. The molecule has 66 valence electrons. The van der Waals surface area contributed by atoms with E-state index in [1.807, 2.05) is 6.92 Å². The second kappa shape index (κ2) is 2.57. The van der Waals surface area contributed by atoms with Crippen molar-refractivity contribution in [3.8, 4) is 0 Å². The van der Waals surface area contributed by atoms with Crippen LogP contribution in [0.1, 0.15) is 26.2 Å². The molecule has 1 aliphatic carbocycles. The molecular formula is C9H13NO2. The van der Waals surface area contributed by atoms with Gasteiger partial charge in [-0.25, -0.2) is 0 Å². The number of carbonyl (C=O) groups is 2. The van der Waals surface area contributed by atoms with Gasteiger partial charge in [0.25, 0.3) is 0 Å². The third-order valence-electron chi connectivity index (χ3n) is 2.82. The molecule has 0 radical (unpaired) electrons. The third-order valence-corrected chi connectivity index (χ3v) is 2.82. The van der Waals surface area contributed by atoms with Crippen LogP contribution in [0.3, 0.4) is 0 Å². The van der Waals surface area contributed by atoms with E-state index in [1.54, 1.807) is 0 Å². The summed E-state index contributed by atoms with van der Waals surface area (Å²) in [6, 6.07) is 0. The lowest BCUT2D eigenvalue weighted by atomic mass is 9.70. The highest BCUT2D eigenvalue weighted by Gasteiger charge is 2.49. The van der Waals surface area contributed by atoms with Crippen LogP contribution in [-0.2, 0) is 9.59 Å². The molecule has 0 aromatic rings. The Morgan fingerprint density at radius 3 is 2.17 bits per heavy atom. The van der Waals surface area contributed by atoms with Crippen molar-refractivity contribution in [2.75, 3.05) is 6.54 Å². The molecule has 2 saturated heterocycles. The second-order valence-electron chi connectivity index (χ2n) is 3.69. The lowest BCUT2D eigenvalue weighted by molar-refractivity contribution is -0.165. The molecule has 0 unspecified atom stereocenters. The van der Waals surface area contributed by atoms with Crippen LogP contribution < -0.4 is 0 Å². The molecule has 3 aliphatic rings. The summed E-state index contributed by atoms with van der Waals surface area (Å²) in [5.41, 5.74) is 0. The molecule has 0 N–H and O–H groups in total. The predicted octanol–water partition coefficient (Wildman–Crippen LogP) is 0.791. The van der Waals surface area contributed by atoms with Gasteiger partial charge in [0.15, 0.2) is 0 Å². The maximum Gasteiger partial charge on any atom is 0.232 e. The summed E-state index contributed by atoms with van der Waals surface area (Å²) < 4.78 is 0. The minimum absolute atomic E-state index is 0.0735. The molecular weight excluding hydrogens is 154 g/mol. The fraction of sp³-hybridized carbons (Fsp3) is 0.778. The highest BCUT2D eigenvalue weighted by Crippen LogP contribution is 2.41. The van der Waals surface area contributed by atoms with Gasteiger partial charge in [0.2, 0.25) is 11.8 Å². The Morgan fingerprint density at radius 1 is 1.25 bits per heavy atom. The average molecular weight is 167 g/mol. The maximum atomic E-state index is 11.5. The number of rotatable bonds is 2. The minimum atomic E-state index is 0.0735. The van der Waals surface area contributed by atoms with Crippen molar-refractivity contribution in [3.63, 3.8) is 0 Å². The third kappa shape index (κ3) is 0.886.